The van der Waals surface area contributed by atoms with Gasteiger partial charge in [-0.3, -0.25) is 0 Å². The zero-order valence-corrected chi connectivity index (χ0v) is 16.7. The average molecular weight is 391 g/mol. The molecule has 0 unspecified atom stereocenters. The Morgan fingerprint density at radius 3 is 2.30 bits per heavy atom. The number of esters is 1. The van der Waals surface area contributed by atoms with Gasteiger partial charge in [0.25, 0.3) is 0 Å². The number of aryl methyl sites for hydroxylation is 1. The first kappa shape index (κ1) is 20.9. The average Bonchev–Trinajstić information content (AvgIpc) is 2.67. The lowest BCUT2D eigenvalue weighted by Gasteiger charge is -2.18. The van der Waals surface area contributed by atoms with Gasteiger partial charge in [-0.15, -0.1) is 0 Å². The SMILES string of the molecule is CCN(CC)S(=O)(=O)c1cccc(C(=O)OCCOc2ccc(C)cc2)c1. The van der Waals surface area contributed by atoms with Crippen molar-refractivity contribution in [3.63, 3.8) is 0 Å². The maximum Gasteiger partial charge on any atom is 0.338 e. The van der Waals surface area contributed by atoms with E-state index in [1.165, 1.54) is 28.6 Å². The Morgan fingerprint density at radius 2 is 1.67 bits per heavy atom. The number of hydrogen-bond donors (Lipinski definition) is 0. The monoisotopic (exact) mass is 391 g/mol. The molecular weight excluding hydrogens is 366 g/mol. The second-order valence-electron chi connectivity index (χ2n) is 5.91. The number of ether oxygens (including phenoxy) is 2. The highest BCUT2D eigenvalue weighted by Gasteiger charge is 2.22. The van der Waals surface area contributed by atoms with E-state index in [9.17, 15) is 13.2 Å². The molecule has 2 aromatic carbocycles. The fourth-order valence-corrected chi connectivity index (χ4v) is 4.01. The van der Waals surface area contributed by atoms with Gasteiger partial charge in [0.05, 0.1) is 10.5 Å². The summed E-state index contributed by atoms with van der Waals surface area (Å²) in [4.78, 5) is 12.3. The van der Waals surface area contributed by atoms with E-state index in [4.69, 9.17) is 9.47 Å². The molecule has 0 saturated carbocycles. The molecule has 0 amide bonds. The number of sulfonamides is 1. The summed E-state index contributed by atoms with van der Waals surface area (Å²) in [6.07, 6.45) is 0. The molecular formula is C20H25NO5S. The van der Waals surface area contributed by atoms with Crippen LogP contribution in [0.1, 0.15) is 29.8 Å². The second-order valence-corrected chi connectivity index (χ2v) is 7.85. The van der Waals surface area contributed by atoms with E-state index < -0.39 is 16.0 Å². The van der Waals surface area contributed by atoms with Gasteiger partial charge in [0, 0.05) is 13.1 Å². The van der Waals surface area contributed by atoms with E-state index in [0.717, 1.165) is 5.56 Å². The van der Waals surface area contributed by atoms with Crippen molar-refractivity contribution in [1.82, 2.24) is 4.31 Å². The van der Waals surface area contributed by atoms with Crippen molar-refractivity contribution in [3.8, 4) is 5.75 Å². The molecule has 27 heavy (non-hydrogen) atoms. The fraction of sp³-hybridized carbons (Fsp3) is 0.350. The summed E-state index contributed by atoms with van der Waals surface area (Å²) in [5.74, 6) is 0.114. The Balaban J connectivity index is 1.95. The highest BCUT2D eigenvalue weighted by atomic mass is 32.2. The number of carbonyl (C=O) groups excluding carboxylic acids is 1. The Bertz CT molecular complexity index is 858. The molecule has 0 aliphatic rings. The first-order chi connectivity index (χ1) is 12.9. The van der Waals surface area contributed by atoms with E-state index in [1.807, 2.05) is 31.2 Å². The predicted octanol–water partition coefficient (Wildman–Crippen LogP) is 3.26. The van der Waals surface area contributed by atoms with Gasteiger partial charge in [-0.1, -0.05) is 37.6 Å². The van der Waals surface area contributed by atoms with Crippen molar-refractivity contribution in [3.05, 3.63) is 59.7 Å². The molecule has 0 heterocycles. The van der Waals surface area contributed by atoms with Gasteiger partial charge in [-0.2, -0.15) is 4.31 Å². The van der Waals surface area contributed by atoms with Gasteiger partial charge in [-0.25, -0.2) is 13.2 Å². The Kier molecular flexibility index (Phi) is 7.38. The van der Waals surface area contributed by atoms with Crippen LogP contribution < -0.4 is 4.74 Å². The summed E-state index contributed by atoms with van der Waals surface area (Å²) in [6.45, 7) is 6.54. The fourth-order valence-electron chi connectivity index (χ4n) is 2.51. The van der Waals surface area contributed by atoms with Gasteiger partial charge in [0.2, 0.25) is 10.0 Å². The summed E-state index contributed by atoms with van der Waals surface area (Å²) >= 11 is 0. The summed E-state index contributed by atoms with van der Waals surface area (Å²) in [5.41, 5.74) is 1.33. The van der Waals surface area contributed by atoms with Crippen molar-refractivity contribution >= 4 is 16.0 Å². The Labute approximate surface area is 160 Å². The van der Waals surface area contributed by atoms with Crippen LogP contribution in [0.15, 0.2) is 53.4 Å². The summed E-state index contributed by atoms with van der Waals surface area (Å²) in [7, 11) is -3.62. The molecule has 0 saturated heterocycles. The van der Waals surface area contributed by atoms with E-state index in [0.29, 0.717) is 18.8 Å². The zero-order chi connectivity index (χ0) is 19.9. The number of nitrogens with zero attached hydrogens (tertiary/aromatic N) is 1. The van der Waals surface area contributed by atoms with Gasteiger partial charge < -0.3 is 9.47 Å². The minimum atomic E-state index is -3.62. The standard InChI is InChI=1S/C20H25NO5S/c1-4-21(5-2)27(23,24)19-8-6-7-17(15-19)20(22)26-14-13-25-18-11-9-16(3)10-12-18/h6-12,15H,4-5,13-14H2,1-3H3. The van der Waals surface area contributed by atoms with Gasteiger partial charge in [0.15, 0.2) is 0 Å². The minimum absolute atomic E-state index is 0.0692. The largest absolute Gasteiger partial charge is 0.490 e. The van der Waals surface area contributed by atoms with E-state index in [1.54, 1.807) is 13.8 Å². The van der Waals surface area contributed by atoms with Crippen molar-refractivity contribution in [2.24, 2.45) is 0 Å². The van der Waals surface area contributed by atoms with Crippen LogP contribution in [-0.4, -0.2) is 45.0 Å². The van der Waals surface area contributed by atoms with E-state index >= 15 is 0 Å². The van der Waals surface area contributed by atoms with Crippen molar-refractivity contribution in [2.75, 3.05) is 26.3 Å². The van der Waals surface area contributed by atoms with Gasteiger partial charge in [0.1, 0.15) is 19.0 Å². The second kappa shape index (κ2) is 9.53. The molecule has 0 bridgehead atoms. The molecule has 0 fully saturated rings. The van der Waals surface area contributed by atoms with Gasteiger partial charge in [-0.05, 0) is 37.3 Å². The number of rotatable bonds is 9. The first-order valence-corrected chi connectivity index (χ1v) is 10.3. The highest BCUT2D eigenvalue weighted by molar-refractivity contribution is 7.89. The van der Waals surface area contributed by atoms with E-state index in [-0.39, 0.29) is 23.7 Å². The Hall–Kier alpha value is -2.38. The third-order valence-electron chi connectivity index (χ3n) is 4.02. The van der Waals surface area contributed by atoms with Crippen LogP contribution in [0.25, 0.3) is 0 Å². The Morgan fingerprint density at radius 1 is 1.00 bits per heavy atom. The molecule has 0 atom stereocenters. The molecule has 2 rings (SSSR count). The van der Waals surface area contributed by atoms with Crippen LogP contribution in [0.4, 0.5) is 0 Å². The molecule has 0 aliphatic carbocycles. The minimum Gasteiger partial charge on any atom is -0.490 e. The number of hydrogen-bond acceptors (Lipinski definition) is 5. The van der Waals surface area contributed by atoms with Crippen LogP contribution in [0.2, 0.25) is 0 Å². The molecule has 7 heteroatoms. The third-order valence-corrected chi connectivity index (χ3v) is 6.07. The summed E-state index contributed by atoms with van der Waals surface area (Å²) in [5, 5.41) is 0. The van der Waals surface area contributed by atoms with Crippen LogP contribution in [0.3, 0.4) is 0 Å². The van der Waals surface area contributed by atoms with Crippen molar-refractivity contribution < 1.29 is 22.7 Å². The molecule has 146 valence electrons. The smallest absolute Gasteiger partial charge is 0.338 e. The maximum atomic E-state index is 12.6. The number of benzene rings is 2. The molecule has 6 nitrogen and oxygen atoms in total. The lowest BCUT2D eigenvalue weighted by molar-refractivity contribution is 0.0450. The highest BCUT2D eigenvalue weighted by Crippen LogP contribution is 2.17. The third kappa shape index (κ3) is 5.55. The predicted molar refractivity (Wildman–Crippen MR) is 104 cm³/mol. The topological polar surface area (TPSA) is 72.9 Å². The summed E-state index contributed by atoms with van der Waals surface area (Å²) < 4.78 is 37.2. The normalized spacial score (nSPS) is 11.4. The van der Waals surface area contributed by atoms with E-state index in [2.05, 4.69) is 0 Å². The lowest BCUT2D eigenvalue weighted by atomic mass is 10.2. The van der Waals surface area contributed by atoms with Gasteiger partial charge >= 0.3 is 5.97 Å². The quantitative estimate of drug-likeness (QED) is 0.485. The van der Waals surface area contributed by atoms with Crippen molar-refractivity contribution in [2.45, 2.75) is 25.7 Å². The molecule has 0 spiro atoms. The van der Waals surface area contributed by atoms with Crippen LogP contribution >= 0.6 is 0 Å². The summed E-state index contributed by atoms with van der Waals surface area (Å²) in [6, 6.07) is 13.5. The molecule has 0 radical (unpaired) electrons. The maximum absolute atomic E-state index is 12.6. The van der Waals surface area contributed by atoms with Crippen LogP contribution in [-0.2, 0) is 14.8 Å². The molecule has 0 aliphatic heterocycles. The number of carbonyl (C=O) groups is 1. The van der Waals surface area contributed by atoms with Crippen LogP contribution in [0.5, 0.6) is 5.75 Å². The first-order valence-electron chi connectivity index (χ1n) is 8.85. The lowest BCUT2D eigenvalue weighted by Crippen LogP contribution is -2.30. The molecule has 0 aromatic heterocycles. The molecule has 0 N–H and O–H groups in total. The van der Waals surface area contributed by atoms with Crippen molar-refractivity contribution in [1.29, 1.82) is 0 Å². The zero-order valence-electron chi connectivity index (χ0n) is 15.8. The van der Waals surface area contributed by atoms with Crippen LogP contribution in [0, 0.1) is 6.92 Å². The molecule has 2 aromatic rings.